The van der Waals surface area contributed by atoms with Crippen LogP contribution in [-0.2, 0) is 14.8 Å². The Morgan fingerprint density at radius 2 is 1.95 bits per heavy atom. The van der Waals surface area contributed by atoms with Crippen molar-refractivity contribution in [3.63, 3.8) is 0 Å². The molecule has 1 aromatic heterocycles. The molecule has 0 N–H and O–H groups in total. The summed E-state index contributed by atoms with van der Waals surface area (Å²) in [5, 5.41) is 0.0853. The van der Waals surface area contributed by atoms with E-state index in [0.717, 1.165) is 4.31 Å². The topological polar surface area (TPSA) is 70.6 Å². The Morgan fingerprint density at radius 1 is 1.35 bits per heavy atom. The summed E-state index contributed by atoms with van der Waals surface area (Å²) in [5.74, 6) is -0.249. The first-order valence-corrected chi connectivity index (χ1v) is 8.00. The Bertz CT molecular complexity index is 573. The van der Waals surface area contributed by atoms with Crippen molar-refractivity contribution in [2.45, 2.75) is 18.7 Å². The number of likely N-dealkylation sites (N-methyl/N-ethyl adjacent to an activating group) is 2. The Hall–Kier alpha value is -1.18. The second-order valence-corrected chi connectivity index (χ2v) is 6.55. The quantitative estimate of drug-likeness (QED) is 0.790. The number of carbonyl (C=O) groups is 1. The number of rotatable bonds is 6. The molecule has 1 aromatic rings. The molecule has 1 amide bonds. The van der Waals surface area contributed by atoms with Gasteiger partial charge >= 0.3 is 0 Å². The molecule has 0 radical (unpaired) electrons. The van der Waals surface area contributed by atoms with Crippen LogP contribution in [-0.4, -0.2) is 55.2 Å². The van der Waals surface area contributed by atoms with Crippen molar-refractivity contribution >= 4 is 27.5 Å². The van der Waals surface area contributed by atoms with Gasteiger partial charge in [0.15, 0.2) is 0 Å². The van der Waals surface area contributed by atoms with E-state index in [9.17, 15) is 13.2 Å². The molecular formula is C12H18ClN3O3S. The Balaban J connectivity index is 2.94. The zero-order valence-corrected chi connectivity index (χ0v) is 13.3. The molecule has 8 heteroatoms. The largest absolute Gasteiger partial charge is 0.342 e. The smallest absolute Gasteiger partial charge is 0.246 e. The van der Waals surface area contributed by atoms with Crippen molar-refractivity contribution in [2.24, 2.45) is 0 Å². The summed E-state index contributed by atoms with van der Waals surface area (Å²) in [5.41, 5.74) is 0. The summed E-state index contributed by atoms with van der Waals surface area (Å²) in [6.45, 7) is 4.53. The van der Waals surface area contributed by atoms with E-state index >= 15 is 0 Å². The summed E-state index contributed by atoms with van der Waals surface area (Å²) < 4.78 is 25.6. The zero-order chi connectivity index (χ0) is 15.3. The average molecular weight is 320 g/mol. The molecule has 0 aliphatic heterocycles. The molecule has 0 spiro atoms. The Morgan fingerprint density at radius 3 is 2.45 bits per heavy atom. The van der Waals surface area contributed by atoms with Gasteiger partial charge in [-0.05, 0) is 19.9 Å². The summed E-state index contributed by atoms with van der Waals surface area (Å²) in [6.07, 6.45) is 2.58. The Labute approximate surface area is 124 Å². The van der Waals surface area contributed by atoms with E-state index in [1.165, 1.54) is 25.5 Å². The third kappa shape index (κ3) is 3.68. The summed E-state index contributed by atoms with van der Waals surface area (Å²) >= 11 is 5.87. The van der Waals surface area contributed by atoms with Gasteiger partial charge in [0.25, 0.3) is 0 Å². The third-order valence-electron chi connectivity index (χ3n) is 2.90. The fraction of sp³-hybridized carbons (Fsp3) is 0.500. The molecule has 0 aromatic carbocycles. The summed E-state index contributed by atoms with van der Waals surface area (Å²) in [6, 6.07) is 1.40. The molecule has 0 fully saturated rings. The van der Waals surface area contributed by atoms with E-state index in [4.69, 9.17) is 11.6 Å². The monoisotopic (exact) mass is 319 g/mol. The molecule has 0 saturated heterocycles. The molecule has 112 valence electrons. The molecule has 0 bridgehead atoms. The van der Waals surface area contributed by atoms with E-state index < -0.39 is 10.0 Å². The fourth-order valence-corrected chi connectivity index (χ4v) is 3.19. The van der Waals surface area contributed by atoms with Gasteiger partial charge in [-0.3, -0.25) is 9.78 Å². The first-order chi connectivity index (χ1) is 9.34. The van der Waals surface area contributed by atoms with Crippen LogP contribution in [0.2, 0.25) is 5.02 Å². The standard InChI is InChI=1S/C12H18ClN3O3S/c1-4-16(5-2)12(17)9-15(3)20(18,19)11-8-14-7-6-10(11)13/h6-8H,4-5,9H2,1-3H3. The number of amides is 1. The normalized spacial score (nSPS) is 11.7. The van der Waals surface area contributed by atoms with Gasteiger partial charge in [-0.15, -0.1) is 0 Å². The number of sulfonamides is 1. The number of carbonyl (C=O) groups excluding carboxylic acids is 1. The fourth-order valence-electron chi connectivity index (χ4n) is 1.67. The maximum absolute atomic E-state index is 12.3. The molecule has 0 atom stereocenters. The van der Waals surface area contributed by atoms with Gasteiger partial charge in [-0.1, -0.05) is 11.6 Å². The maximum atomic E-state index is 12.3. The molecule has 1 rings (SSSR count). The van der Waals surface area contributed by atoms with Gasteiger partial charge in [0, 0.05) is 32.5 Å². The molecule has 0 unspecified atom stereocenters. The highest BCUT2D eigenvalue weighted by Crippen LogP contribution is 2.22. The van der Waals surface area contributed by atoms with Gasteiger partial charge in [0.1, 0.15) is 4.90 Å². The molecule has 0 saturated carbocycles. The highest BCUT2D eigenvalue weighted by atomic mass is 35.5. The minimum atomic E-state index is -3.82. The third-order valence-corrected chi connectivity index (χ3v) is 5.17. The Kier molecular flexibility index (Phi) is 5.91. The number of halogens is 1. The number of hydrogen-bond acceptors (Lipinski definition) is 4. The molecular weight excluding hydrogens is 302 g/mol. The van der Waals surface area contributed by atoms with E-state index in [1.807, 2.05) is 13.8 Å². The SMILES string of the molecule is CCN(CC)C(=O)CN(C)S(=O)(=O)c1cnccc1Cl. The van der Waals surface area contributed by atoms with E-state index in [-0.39, 0.29) is 22.4 Å². The average Bonchev–Trinajstić information content (AvgIpc) is 2.40. The lowest BCUT2D eigenvalue weighted by Crippen LogP contribution is -2.41. The molecule has 6 nitrogen and oxygen atoms in total. The predicted molar refractivity (Wildman–Crippen MR) is 77.0 cm³/mol. The van der Waals surface area contributed by atoms with Crippen LogP contribution in [0.1, 0.15) is 13.8 Å². The van der Waals surface area contributed by atoms with Crippen LogP contribution in [0.3, 0.4) is 0 Å². The van der Waals surface area contributed by atoms with Crippen LogP contribution in [0.25, 0.3) is 0 Å². The number of hydrogen-bond donors (Lipinski definition) is 0. The van der Waals surface area contributed by atoms with Crippen LogP contribution >= 0.6 is 11.6 Å². The van der Waals surface area contributed by atoms with Gasteiger partial charge in [0.2, 0.25) is 15.9 Å². The van der Waals surface area contributed by atoms with Crippen LogP contribution in [0.15, 0.2) is 23.4 Å². The highest BCUT2D eigenvalue weighted by Gasteiger charge is 2.26. The highest BCUT2D eigenvalue weighted by molar-refractivity contribution is 7.89. The van der Waals surface area contributed by atoms with Crippen LogP contribution < -0.4 is 0 Å². The minimum Gasteiger partial charge on any atom is -0.342 e. The lowest BCUT2D eigenvalue weighted by molar-refractivity contribution is -0.130. The van der Waals surface area contributed by atoms with Crippen LogP contribution in [0, 0.1) is 0 Å². The summed E-state index contributed by atoms with van der Waals surface area (Å²) in [4.78, 5) is 17.2. The van der Waals surface area contributed by atoms with Crippen molar-refractivity contribution in [1.29, 1.82) is 0 Å². The zero-order valence-electron chi connectivity index (χ0n) is 11.7. The van der Waals surface area contributed by atoms with E-state index in [1.54, 1.807) is 4.90 Å². The molecule has 1 heterocycles. The van der Waals surface area contributed by atoms with Crippen molar-refractivity contribution in [3.05, 3.63) is 23.5 Å². The van der Waals surface area contributed by atoms with Gasteiger partial charge in [0.05, 0.1) is 11.6 Å². The number of aromatic nitrogens is 1. The number of pyridine rings is 1. The second-order valence-electron chi connectivity index (χ2n) is 4.13. The molecule has 0 aliphatic rings. The van der Waals surface area contributed by atoms with Crippen molar-refractivity contribution < 1.29 is 13.2 Å². The molecule has 20 heavy (non-hydrogen) atoms. The lowest BCUT2D eigenvalue weighted by atomic mass is 10.4. The lowest BCUT2D eigenvalue weighted by Gasteiger charge is -2.23. The van der Waals surface area contributed by atoms with Crippen LogP contribution in [0.4, 0.5) is 0 Å². The van der Waals surface area contributed by atoms with Crippen LogP contribution in [0.5, 0.6) is 0 Å². The van der Waals surface area contributed by atoms with Gasteiger partial charge in [-0.2, -0.15) is 4.31 Å². The predicted octanol–water partition coefficient (Wildman–Crippen LogP) is 1.22. The van der Waals surface area contributed by atoms with Gasteiger partial charge in [-0.25, -0.2) is 8.42 Å². The minimum absolute atomic E-state index is 0.0853. The first kappa shape index (κ1) is 16.9. The maximum Gasteiger partial charge on any atom is 0.246 e. The van der Waals surface area contributed by atoms with Crippen molar-refractivity contribution in [1.82, 2.24) is 14.2 Å². The second kappa shape index (κ2) is 7.01. The van der Waals surface area contributed by atoms with Crippen molar-refractivity contribution in [3.8, 4) is 0 Å². The number of nitrogens with zero attached hydrogens (tertiary/aromatic N) is 3. The van der Waals surface area contributed by atoms with E-state index in [0.29, 0.717) is 13.1 Å². The van der Waals surface area contributed by atoms with E-state index in [2.05, 4.69) is 4.98 Å². The van der Waals surface area contributed by atoms with Gasteiger partial charge < -0.3 is 4.90 Å². The van der Waals surface area contributed by atoms with Crippen molar-refractivity contribution in [2.75, 3.05) is 26.7 Å². The molecule has 0 aliphatic carbocycles. The first-order valence-electron chi connectivity index (χ1n) is 6.18. The summed E-state index contributed by atoms with van der Waals surface area (Å²) in [7, 11) is -2.48.